The number of para-hydroxylation sites is 1. The van der Waals surface area contributed by atoms with Gasteiger partial charge in [0.05, 0.1) is 19.9 Å². The van der Waals surface area contributed by atoms with Gasteiger partial charge in [0.15, 0.2) is 0 Å². The zero-order valence-corrected chi connectivity index (χ0v) is 18.4. The van der Waals surface area contributed by atoms with Gasteiger partial charge in [0, 0.05) is 30.3 Å². The Morgan fingerprint density at radius 3 is 2.16 bits per heavy atom. The maximum atomic E-state index is 13.4. The third kappa shape index (κ3) is 4.04. The van der Waals surface area contributed by atoms with Crippen LogP contribution in [0.3, 0.4) is 0 Å². The summed E-state index contributed by atoms with van der Waals surface area (Å²) < 4.78 is 10.6. The molecule has 2 amide bonds. The maximum Gasteiger partial charge on any atom is 0.254 e. The molecule has 1 heterocycles. The van der Waals surface area contributed by atoms with E-state index in [4.69, 9.17) is 9.47 Å². The van der Waals surface area contributed by atoms with Gasteiger partial charge in [-0.3, -0.25) is 9.59 Å². The van der Waals surface area contributed by atoms with E-state index in [2.05, 4.69) is 0 Å². The summed E-state index contributed by atoms with van der Waals surface area (Å²) >= 11 is 0. The Kier molecular flexibility index (Phi) is 6.12. The predicted molar refractivity (Wildman–Crippen MR) is 124 cm³/mol. The number of nitrogens with zero attached hydrogens (tertiary/aromatic N) is 2. The molecular weight excluding hydrogens is 404 g/mol. The minimum Gasteiger partial charge on any atom is -0.497 e. The molecule has 3 aromatic rings. The molecule has 1 atom stereocenters. The second-order valence-electron chi connectivity index (χ2n) is 7.65. The van der Waals surface area contributed by atoms with Gasteiger partial charge in [-0.25, -0.2) is 0 Å². The van der Waals surface area contributed by atoms with Gasteiger partial charge in [-0.15, -0.1) is 0 Å². The number of anilines is 1. The highest BCUT2D eigenvalue weighted by atomic mass is 16.5. The fourth-order valence-electron chi connectivity index (χ4n) is 4.05. The quantitative estimate of drug-likeness (QED) is 0.607. The van der Waals surface area contributed by atoms with Crippen molar-refractivity contribution in [1.82, 2.24) is 4.90 Å². The average Bonchev–Trinajstić information content (AvgIpc) is 2.85. The van der Waals surface area contributed by atoms with Crippen molar-refractivity contribution >= 4 is 17.5 Å². The standard InChI is InChI=1S/C26H26N2O4/c1-18-25(29)28(24-12-8-7-11-23(24)19-9-5-4-6-10-19)14-13-27(18)26(30)20-15-21(31-2)17-22(16-20)32-3/h4-12,15-18H,13-14H2,1-3H3. The second kappa shape index (κ2) is 9.14. The Labute approximate surface area is 188 Å². The van der Waals surface area contributed by atoms with Gasteiger partial charge in [-0.05, 0) is 30.7 Å². The summed E-state index contributed by atoms with van der Waals surface area (Å²) in [6.45, 7) is 2.61. The van der Waals surface area contributed by atoms with Crippen molar-refractivity contribution < 1.29 is 19.1 Å². The van der Waals surface area contributed by atoms with Crippen LogP contribution in [0.5, 0.6) is 11.5 Å². The predicted octanol–water partition coefficient (Wildman–Crippen LogP) is 4.25. The van der Waals surface area contributed by atoms with Crippen molar-refractivity contribution in [3.63, 3.8) is 0 Å². The third-order valence-corrected chi connectivity index (χ3v) is 5.79. The van der Waals surface area contributed by atoms with E-state index in [0.717, 1.165) is 16.8 Å². The molecule has 32 heavy (non-hydrogen) atoms. The van der Waals surface area contributed by atoms with Gasteiger partial charge < -0.3 is 19.3 Å². The molecule has 0 N–H and O–H groups in total. The molecule has 1 fully saturated rings. The number of methoxy groups -OCH3 is 2. The zero-order valence-electron chi connectivity index (χ0n) is 18.4. The molecule has 0 radical (unpaired) electrons. The Morgan fingerprint density at radius 2 is 1.50 bits per heavy atom. The molecule has 6 nitrogen and oxygen atoms in total. The van der Waals surface area contributed by atoms with E-state index >= 15 is 0 Å². The number of hydrogen-bond acceptors (Lipinski definition) is 4. The first-order valence-corrected chi connectivity index (χ1v) is 10.5. The van der Waals surface area contributed by atoms with Crippen LogP contribution in [0.1, 0.15) is 17.3 Å². The van der Waals surface area contributed by atoms with Crippen molar-refractivity contribution in [3.05, 3.63) is 78.4 Å². The number of piperazine rings is 1. The molecule has 1 unspecified atom stereocenters. The topological polar surface area (TPSA) is 59.1 Å². The summed E-state index contributed by atoms with van der Waals surface area (Å²) in [5.41, 5.74) is 3.32. The highest BCUT2D eigenvalue weighted by Crippen LogP contribution is 2.33. The number of benzene rings is 3. The lowest BCUT2D eigenvalue weighted by Gasteiger charge is -2.39. The smallest absolute Gasteiger partial charge is 0.254 e. The molecule has 6 heteroatoms. The van der Waals surface area contributed by atoms with Crippen LogP contribution >= 0.6 is 0 Å². The Balaban J connectivity index is 1.61. The lowest BCUT2D eigenvalue weighted by molar-refractivity contribution is -0.124. The van der Waals surface area contributed by atoms with Crippen molar-refractivity contribution in [2.75, 3.05) is 32.2 Å². The fraction of sp³-hybridized carbons (Fsp3) is 0.231. The van der Waals surface area contributed by atoms with Gasteiger partial charge in [-0.1, -0.05) is 48.5 Å². The van der Waals surface area contributed by atoms with Crippen molar-refractivity contribution in [1.29, 1.82) is 0 Å². The fourth-order valence-corrected chi connectivity index (χ4v) is 4.05. The van der Waals surface area contributed by atoms with E-state index < -0.39 is 6.04 Å². The molecule has 1 aliphatic heterocycles. The van der Waals surface area contributed by atoms with Crippen LogP contribution in [0, 0.1) is 0 Å². The van der Waals surface area contributed by atoms with Gasteiger partial charge in [0.2, 0.25) is 5.91 Å². The molecule has 1 aliphatic rings. The van der Waals surface area contributed by atoms with E-state index in [1.165, 1.54) is 14.2 Å². The molecule has 164 valence electrons. The second-order valence-corrected chi connectivity index (χ2v) is 7.65. The number of amides is 2. The van der Waals surface area contributed by atoms with Crippen LogP contribution in [0.15, 0.2) is 72.8 Å². The number of carbonyl (C=O) groups excluding carboxylic acids is 2. The molecule has 0 aliphatic carbocycles. The lowest BCUT2D eigenvalue weighted by Crippen LogP contribution is -2.57. The summed E-state index contributed by atoms with van der Waals surface area (Å²) in [6.07, 6.45) is 0. The Hall–Kier alpha value is -3.80. The molecular formula is C26H26N2O4. The minimum absolute atomic E-state index is 0.108. The molecule has 4 rings (SSSR count). The van der Waals surface area contributed by atoms with Crippen molar-refractivity contribution in [2.45, 2.75) is 13.0 Å². The molecule has 0 aromatic heterocycles. The van der Waals surface area contributed by atoms with Gasteiger partial charge in [-0.2, -0.15) is 0 Å². The molecule has 1 saturated heterocycles. The summed E-state index contributed by atoms with van der Waals surface area (Å²) in [7, 11) is 3.08. The first kappa shape index (κ1) is 21.4. The lowest BCUT2D eigenvalue weighted by atomic mass is 10.0. The number of carbonyl (C=O) groups is 2. The SMILES string of the molecule is COc1cc(OC)cc(C(=O)N2CCN(c3ccccc3-c3ccccc3)C(=O)C2C)c1. The van der Waals surface area contributed by atoms with Crippen molar-refractivity contribution in [2.24, 2.45) is 0 Å². The zero-order chi connectivity index (χ0) is 22.7. The summed E-state index contributed by atoms with van der Waals surface area (Å²) in [5, 5.41) is 0. The van der Waals surface area contributed by atoms with Crippen LogP contribution in [0.4, 0.5) is 5.69 Å². The highest BCUT2D eigenvalue weighted by molar-refractivity contribution is 6.05. The summed E-state index contributed by atoms with van der Waals surface area (Å²) in [5.74, 6) is 0.728. The number of hydrogen-bond donors (Lipinski definition) is 0. The molecule has 0 bridgehead atoms. The monoisotopic (exact) mass is 430 g/mol. The van der Waals surface area contributed by atoms with Crippen LogP contribution in [-0.4, -0.2) is 50.1 Å². The van der Waals surface area contributed by atoms with E-state index in [-0.39, 0.29) is 11.8 Å². The first-order valence-electron chi connectivity index (χ1n) is 10.5. The van der Waals surface area contributed by atoms with Gasteiger partial charge >= 0.3 is 0 Å². The largest absolute Gasteiger partial charge is 0.497 e. The molecule has 3 aromatic carbocycles. The van der Waals surface area contributed by atoms with Crippen LogP contribution in [0.2, 0.25) is 0 Å². The van der Waals surface area contributed by atoms with E-state index in [1.54, 1.807) is 34.9 Å². The normalized spacial score (nSPS) is 16.1. The van der Waals surface area contributed by atoms with E-state index in [9.17, 15) is 9.59 Å². The summed E-state index contributed by atoms with van der Waals surface area (Å²) in [4.78, 5) is 30.0. The van der Waals surface area contributed by atoms with Crippen LogP contribution < -0.4 is 14.4 Å². The van der Waals surface area contributed by atoms with E-state index in [1.807, 2.05) is 54.6 Å². The number of rotatable bonds is 5. The maximum absolute atomic E-state index is 13.4. The van der Waals surface area contributed by atoms with E-state index in [0.29, 0.717) is 30.2 Å². The van der Waals surface area contributed by atoms with Crippen molar-refractivity contribution in [3.8, 4) is 22.6 Å². The third-order valence-electron chi connectivity index (χ3n) is 5.79. The average molecular weight is 431 g/mol. The van der Waals surface area contributed by atoms with Crippen LogP contribution in [-0.2, 0) is 4.79 Å². The van der Waals surface area contributed by atoms with Crippen LogP contribution in [0.25, 0.3) is 11.1 Å². The molecule has 0 spiro atoms. The Bertz CT molecular complexity index is 1110. The summed E-state index contributed by atoms with van der Waals surface area (Å²) in [6, 6.07) is 22.3. The first-order chi connectivity index (χ1) is 15.5. The minimum atomic E-state index is -0.600. The molecule has 0 saturated carbocycles. The number of ether oxygens (including phenoxy) is 2. The highest BCUT2D eigenvalue weighted by Gasteiger charge is 2.36. The Morgan fingerprint density at radius 1 is 0.875 bits per heavy atom. The van der Waals surface area contributed by atoms with Gasteiger partial charge in [0.25, 0.3) is 5.91 Å². The van der Waals surface area contributed by atoms with Gasteiger partial charge in [0.1, 0.15) is 17.5 Å².